The molecule has 2 rings (SSSR count). The van der Waals surface area contributed by atoms with Gasteiger partial charge in [0, 0.05) is 5.04 Å². The largest absolute Gasteiger partial charge is 0.471 e. The Morgan fingerprint density at radius 3 is 1.75 bits per heavy atom. The summed E-state index contributed by atoms with van der Waals surface area (Å²) in [6.45, 7) is 0. The number of rotatable bonds is 0. The molecule has 2 aliphatic rings. The van der Waals surface area contributed by atoms with Crippen LogP contribution in [0.15, 0.2) is 11.9 Å². The summed E-state index contributed by atoms with van der Waals surface area (Å²) in [6.07, 6.45) is 0. The van der Waals surface area contributed by atoms with E-state index in [4.69, 9.17) is 0 Å². The van der Waals surface area contributed by atoms with Crippen molar-refractivity contribution in [2.75, 3.05) is 0 Å². The molecule has 0 aromatic rings. The first kappa shape index (κ1) is 7.42. The van der Waals surface area contributed by atoms with Gasteiger partial charge in [-0.05, 0) is 8.67 Å². The SMILES string of the molecule is O=S1(=O)OOC(=C2OOO2)OO1. The Kier molecular flexibility index (Phi) is 1.47. The second-order valence-corrected chi connectivity index (χ2v) is 2.61. The highest BCUT2D eigenvalue weighted by molar-refractivity contribution is 7.81. The summed E-state index contributed by atoms with van der Waals surface area (Å²) in [5.74, 6) is -0.916. The summed E-state index contributed by atoms with van der Waals surface area (Å²) in [5, 5.41) is 3.76. The van der Waals surface area contributed by atoms with E-state index in [0.29, 0.717) is 0 Å². The zero-order valence-electron chi connectivity index (χ0n) is 5.08. The maximum atomic E-state index is 10.3. The molecule has 0 spiro atoms. The van der Waals surface area contributed by atoms with Crippen LogP contribution in [0.3, 0.4) is 0 Å². The Bertz CT molecular complexity index is 289. The third kappa shape index (κ3) is 1.23. The lowest BCUT2D eigenvalue weighted by Crippen LogP contribution is -2.23. The highest BCUT2D eigenvalue weighted by Gasteiger charge is 2.35. The topological polar surface area (TPSA) is 98.8 Å². The van der Waals surface area contributed by atoms with Gasteiger partial charge < -0.3 is 0 Å². The van der Waals surface area contributed by atoms with Gasteiger partial charge in [0.2, 0.25) is 0 Å². The zero-order valence-corrected chi connectivity index (χ0v) is 5.90. The van der Waals surface area contributed by atoms with Crippen molar-refractivity contribution in [1.29, 1.82) is 0 Å². The Morgan fingerprint density at radius 1 is 0.833 bits per heavy atom. The first-order valence-corrected chi connectivity index (χ1v) is 3.73. The molecule has 0 unspecified atom stereocenters. The van der Waals surface area contributed by atoms with E-state index in [0.717, 1.165) is 0 Å². The fourth-order valence-corrected chi connectivity index (χ4v) is 0.687. The summed E-state index contributed by atoms with van der Waals surface area (Å²) in [4.78, 5) is 16.2. The quantitative estimate of drug-likeness (QED) is 0.463. The van der Waals surface area contributed by atoms with Crippen LogP contribution in [0.1, 0.15) is 0 Å². The molecule has 0 bridgehead atoms. The van der Waals surface area contributed by atoms with E-state index in [2.05, 4.69) is 33.3 Å². The highest BCUT2D eigenvalue weighted by atomic mass is 32.3. The number of hydrogen-bond acceptors (Lipinski definition) is 9. The highest BCUT2D eigenvalue weighted by Crippen LogP contribution is 2.24. The Balaban J connectivity index is 2.07. The molecule has 2 heterocycles. The lowest BCUT2D eigenvalue weighted by Gasteiger charge is -2.17. The number of hydrogen-bond donors (Lipinski definition) is 0. The van der Waals surface area contributed by atoms with Gasteiger partial charge in [0.1, 0.15) is 0 Å². The summed E-state index contributed by atoms with van der Waals surface area (Å²) in [5.41, 5.74) is 0. The van der Waals surface area contributed by atoms with Crippen LogP contribution >= 0.6 is 0 Å². The van der Waals surface area contributed by atoms with E-state index < -0.39 is 16.3 Å². The van der Waals surface area contributed by atoms with Gasteiger partial charge in [-0.3, -0.25) is 9.78 Å². The molecule has 0 aromatic heterocycles. The molecule has 10 heteroatoms. The molecule has 2 aliphatic heterocycles. The molecule has 0 aliphatic carbocycles. The van der Waals surface area contributed by atoms with E-state index in [1.807, 2.05) is 0 Å². The van der Waals surface area contributed by atoms with Gasteiger partial charge in [-0.15, -0.1) is 0 Å². The van der Waals surface area contributed by atoms with Gasteiger partial charge in [-0.1, -0.05) is 0 Å². The Morgan fingerprint density at radius 2 is 1.33 bits per heavy atom. The molecule has 0 amide bonds. The van der Waals surface area contributed by atoms with Gasteiger partial charge in [-0.2, -0.15) is 8.42 Å². The molecule has 0 N–H and O–H groups in total. The summed E-state index contributed by atoms with van der Waals surface area (Å²) < 4.78 is 28.0. The molecule has 68 valence electrons. The van der Waals surface area contributed by atoms with Crippen LogP contribution in [0, 0.1) is 0 Å². The van der Waals surface area contributed by atoms with Crippen LogP contribution in [-0.4, -0.2) is 8.42 Å². The van der Waals surface area contributed by atoms with Crippen LogP contribution in [0.4, 0.5) is 0 Å². The molecule has 12 heavy (non-hydrogen) atoms. The third-order valence-corrected chi connectivity index (χ3v) is 1.24. The molecule has 0 aromatic carbocycles. The molecule has 2 fully saturated rings. The van der Waals surface area contributed by atoms with Crippen molar-refractivity contribution in [2.45, 2.75) is 0 Å². The minimum atomic E-state index is -4.26. The summed E-state index contributed by atoms with van der Waals surface area (Å²) in [6, 6.07) is 0. The average Bonchev–Trinajstić information content (AvgIpc) is 1.89. The molecular formula is C2O9S. The van der Waals surface area contributed by atoms with Gasteiger partial charge in [0.25, 0.3) is 0 Å². The lowest BCUT2D eigenvalue weighted by atomic mass is 10.9. The fourth-order valence-electron chi connectivity index (χ4n) is 0.374. The normalized spacial score (nSPS) is 25.7. The van der Waals surface area contributed by atoms with E-state index in [-0.39, 0.29) is 5.95 Å². The maximum Gasteiger partial charge on any atom is 0.471 e. The molecular weight excluding hydrogens is 200 g/mol. The van der Waals surface area contributed by atoms with Gasteiger partial charge >= 0.3 is 22.3 Å². The molecule has 0 saturated carbocycles. The van der Waals surface area contributed by atoms with E-state index in [9.17, 15) is 8.42 Å². The standard InChI is InChI=1S/C2O9S/c3-12(4)10-7-2(8-11-12)1-5-9-6-1. The zero-order chi connectivity index (χ0) is 8.60. The van der Waals surface area contributed by atoms with Crippen LogP contribution in [-0.2, 0) is 43.7 Å². The minimum Gasteiger partial charge on any atom is -0.268 e. The van der Waals surface area contributed by atoms with Crippen LogP contribution < -0.4 is 0 Å². The van der Waals surface area contributed by atoms with Gasteiger partial charge in [-0.25, -0.2) is 9.78 Å². The van der Waals surface area contributed by atoms with Crippen molar-refractivity contribution in [2.24, 2.45) is 0 Å². The van der Waals surface area contributed by atoms with Crippen molar-refractivity contribution in [1.82, 2.24) is 0 Å². The van der Waals surface area contributed by atoms with Gasteiger partial charge in [0.05, 0.1) is 0 Å². The van der Waals surface area contributed by atoms with Crippen LogP contribution in [0.25, 0.3) is 0 Å². The molecule has 2 saturated heterocycles. The van der Waals surface area contributed by atoms with Crippen molar-refractivity contribution >= 4 is 10.4 Å². The summed E-state index contributed by atoms with van der Waals surface area (Å²) in [7, 11) is -4.26. The average molecular weight is 200 g/mol. The molecule has 0 radical (unpaired) electrons. The van der Waals surface area contributed by atoms with Crippen LogP contribution in [0.5, 0.6) is 0 Å². The minimum absolute atomic E-state index is 0.357. The second-order valence-electron chi connectivity index (χ2n) is 1.52. The van der Waals surface area contributed by atoms with Crippen molar-refractivity contribution < 1.29 is 41.7 Å². The second kappa shape index (κ2) is 2.38. The Hall–Kier alpha value is -1.23. The van der Waals surface area contributed by atoms with E-state index in [1.54, 1.807) is 0 Å². The summed E-state index contributed by atoms with van der Waals surface area (Å²) >= 11 is 0. The molecule has 9 nitrogen and oxygen atoms in total. The van der Waals surface area contributed by atoms with Crippen molar-refractivity contribution in [3.05, 3.63) is 11.9 Å². The molecule has 0 atom stereocenters. The van der Waals surface area contributed by atoms with Crippen molar-refractivity contribution in [3.63, 3.8) is 0 Å². The first-order chi connectivity index (χ1) is 5.67. The predicted octanol–water partition coefficient (Wildman–Crippen LogP) is -0.839. The first-order valence-electron chi connectivity index (χ1n) is 2.40. The third-order valence-electron chi connectivity index (χ3n) is 0.772. The Labute approximate surface area is 65.0 Å². The van der Waals surface area contributed by atoms with Crippen molar-refractivity contribution in [3.8, 4) is 0 Å². The van der Waals surface area contributed by atoms with E-state index >= 15 is 0 Å². The van der Waals surface area contributed by atoms with Crippen LogP contribution in [0.2, 0.25) is 0 Å². The van der Waals surface area contributed by atoms with E-state index in [1.165, 1.54) is 0 Å². The fraction of sp³-hybridized carbons (Fsp3) is 0. The monoisotopic (exact) mass is 200 g/mol. The predicted molar refractivity (Wildman–Crippen MR) is 23.5 cm³/mol. The lowest BCUT2D eigenvalue weighted by molar-refractivity contribution is -0.609. The maximum absolute atomic E-state index is 10.3. The van der Waals surface area contributed by atoms with Gasteiger partial charge in [0.15, 0.2) is 0 Å². The smallest absolute Gasteiger partial charge is 0.268 e.